The van der Waals surface area contributed by atoms with E-state index in [9.17, 15) is 4.79 Å². The summed E-state index contributed by atoms with van der Waals surface area (Å²) < 4.78 is 0. The Morgan fingerprint density at radius 2 is 1.90 bits per heavy atom. The van der Waals surface area contributed by atoms with E-state index in [1.807, 2.05) is 35.2 Å². The maximum absolute atomic E-state index is 12.3. The highest BCUT2D eigenvalue weighted by Crippen LogP contribution is 2.35. The van der Waals surface area contributed by atoms with E-state index in [1.165, 1.54) is 0 Å². The zero-order valence-corrected chi connectivity index (χ0v) is 12.8. The second-order valence-electron chi connectivity index (χ2n) is 6.22. The number of hydrogen-bond acceptors (Lipinski definition) is 2. The third kappa shape index (κ3) is 3.47. The highest BCUT2D eigenvalue weighted by Gasteiger charge is 2.37. The zero-order chi connectivity index (χ0) is 14.8. The maximum Gasteiger partial charge on any atom is 0.246 e. The predicted octanol–water partition coefficient (Wildman–Crippen LogP) is 2.94. The molecule has 3 nitrogen and oxygen atoms in total. The summed E-state index contributed by atoms with van der Waals surface area (Å²) in [6.07, 6.45) is 6.85. The molecular weight excluding hydrogens is 284 g/mol. The first kappa shape index (κ1) is 14.6. The van der Waals surface area contributed by atoms with Crippen LogP contribution in [0.5, 0.6) is 0 Å². The van der Waals surface area contributed by atoms with Crippen LogP contribution in [0.2, 0.25) is 5.02 Å². The van der Waals surface area contributed by atoms with E-state index in [-0.39, 0.29) is 5.91 Å². The van der Waals surface area contributed by atoms with Gasteiger partial charge in [0.05, 0.1) is 0 Å². The third-order valence-electron chi connectivity index (χ3n) is 4.69. The van der Waals surface area contributed by atoms with Crippen LogP contribution in [0.4, 0.5) is 0 Å². The second-order valence-corrected chi connectivity index (χ2v) is 6.66. The van der Waals surface area contributed by atoms with Crippen molar-refractivity contribution in [2.45, 2.75) is 25.3 Å². The Bertz CT molecular complexity index is 540. The number of amides is 1. The fourth-order valence-corrected chi connectivity index (χ4v) is 3.62. The molecule has 1 aliphatic heterocycles. The van der Waals surface area contributed by atoms with Crippen LogP contribution in [-0.4, -0.2) is 29.9 Å². The van der Waals surface area contributed by atoms with Crippen molar-refractivity contribution in [1.82, 2.24) is 4.90 Å². The molecule has 1 aliphatic carbocycles. The second kappa shape index (κ2) is 6.20. The summed E-state index contributed by atoms with van der Waals surface area (Å²) in [6, 6.07) is 7.81. The molecule has 1 aromatic rings. The molecule has 0 bridgehead atoms. The van der Waals surface area contributed by atoms with Gasteiger partial charge in [0.1, 0.15) is 0 Å². The predicted molar refractivity (Wildman–Crippen MR) is 85.9 cm³/mol. The molecular formula is C17H21ClN2O. The van der Waals surface area contributed by atoms with Gasteiger partial charge in [0.15, 0.2) is 0 Å². The summed E-state index contributed by atoms with van der Waals surface area (Å²) in [5, 5.41) is 0.707. The first-order chi connectivity index (χ1) is 10.1. The molecule has 1 heterocycles. The number of nitrogens with zero attached hydrogens (tertiary/aromatic N) is 1. The molecule has 1 saturated carbocycles. The highest BCUT2D eigenvalue weighted by atomic mass is 35.5. The van der Waals surface area contributed by atoms with Crippen LogP contribution < -0.4 is 5.73 Å². The lowest BCUT2D eigenvalue weighted by molar-refractivity contribution is -0.125. The number of carbonyl (C=O) groups excluding carboxylic acids is 1. The average Bonchev–Trinajstić information content (AvgIpc) is 2.89. The van der Waals surface area contributed by atoms with Gasteiger partial charge in [-0.1, -0.05) is 23.7 Å². The van der Waals surface area contributed by atoms with Crippen molar-refractivity contribution in [3.05, 3.63) is 40.9 Å². The smallest absolute Gasteiger partial charge is 0.246 e. The van der Waals surface area contributed by atoms with Crippen LogP contribution in [0.25, 0.3) is 6.08 Å². The Kier molecular flexibility index (Phi) is 4.32. The van der Waals surface area contributed by atoms with Crippen molar-refractivity contribution >= 4 is 23.6 Å². The Balaban J connectivity index is 1.60. The molecule has 0 spiro atoms. The number of nitrogens with two attached hydrogens (primary N) is 1. The minimum Gasteiger partial charge on any atom is -0.339 e. The molecule has 1 saturated heterocycles. The van der Waals surface area contributed by atoms with Crippen molar-refractivity contribution in [1.29, 1.82) is 0 Å². The summed E-state index contributed by atoms with van der Waals surface area (Å²) >= 11 is 5.85. The summed E-state index contributed by atoms with van der Waals surface area (Å²) in [4.78, 5) is 14.3. The molecule has 1 unspecified atom stereocenters. The molecule has 3 rings (SSSR count). The van der Waals surface area contributed by atoms with Gasteiger partial charge in [0.2, 0.25) is 5.91 Å². The number of hydrogen-bond donors (Lipinski definition) is 1. The number of likely N-dealkylation sites (tertiary alicyclic amines) is 1. The number of benzene rings is 1. The number of carbonyl (C=O) groups is 1. The third-order valence-corrected chi connectivity index (χ3v) is 4.94. The van der Waals surface area contributed by atoms with Crippen molar-refractivity contribution < 1.29 is 4.79 Å². The molecule has 112 valence electrons. The zero-order valence-electron chi connectivity index (χ0n) is 12.0. The summed E-state index contributed by atoms with van der Waals surface area (Å²) in [7, 11) is 0. The first-order valence-electron chi connectivity index (χ1n) is 7.60. The molecule has 21 heavy (non-hydrogen) atoms. The van der Waals surface area contributed by atoms with E-state index in [4.69, 9.17) is 17.3 Å². The highest BCUT2D eigenvalue weighted by molar-refractivity contribution is 6.30. The van der Waals surface area contributed by atoms with E-state index >= 15 is 0 Å². The van der Waals surface area contributed by atoms with E-state index in [2.05, 4.69) is 0 Å². The van der Waals surface area contributed by atoms with E-state index in [0.717, 1.165) is 37.9 Å². The molecule has 1 amide bonds. The Hall–Kier alpha value is -1.32. The van der Waals surface area contributed by atoms with Crippen molar-refractivity contribution in [3.8, 4) is 0 Å². The molecule has 1 aromatic carbocycles. The molecule has 2 aliphatic rings. The van der Waals surface area contributed by atoms with Crippen LogP contribution in [0.15, 0.2) is 30.3 Å². The van der Waals surface area contributed by atoms with Gasteiger partial charge in [0, 0.05) is 30.2 Å². The minimum atomic E-state index is 0.105. The molecule has 0 radical (unpaired) electrons. The SMILES string of the molecule is NC1CC[C@@H]2CN(C(=O)/C=C/c3ccc(Cl)cc3)C[C@@H]2C1. The topological polar surface area (TPSA) is 46.3 Å². The average molecular weight is 305 g/mol. The van der Waals surface area contributed by atoms with Gasteiger partial charge in [-0.15, -0.1) is 0 Å². The van der Waals surface area contributed by atoms with E-state index in [1.54, 1.807) is 6.08 Å². The van der Waals surface area contributed by atoms with Crippen LogP contribution in [-0.2, 0) is 4.79 Å². The van der Waals surface area contributed by atoms with Crippen molar-refractivity contribution in [2.75, 3.05) is 13.1 Å². The van der Waals surface area contributed by atoms with Gasteiger partial charge < -0.3 is 10.6 Å². The lowest BCUT2D eigenvalue weighted by Gasteiger charge is -2.27. The Morgan fingerprint density at radius 1 is 1.19 bits per heavy atom. The summed E-state index contributed by atoms with van der Waals surface area (Å²) in [5.74, 6) is 1.35. The van der Waals surface area contributed by atoms with Crippen molar-refractivity contribution in [2.24, 2.45) is 17.6 Å². The van der Waals surface area contributed by atoms with Crippen LogP contribution in [0, 0.1) is 11.8 Å². The standard InChI is InChI=1S/C17H21ClN2O/c18-15-5-1-12(2-6-15)3-8-17(21)20-10-13-4-7-16(19)9-14(13)11-20/h1-3,5-6,8,13-14,16H,4,7,9-11,19H2/b8-3+/t13-,14+,16?/m1/s1. The van der Waals surface area contributed by atoms with Crippen molar-refractivity contribution in [3.63, 3.8) is 0 Å². The van der Waals surface area contributed by atoms with E-state index < -0.39 is 0 Å². The van der Waals surface area contributed by atoms with Crippen LogP contribution in [0.3, 0.4) is 0 Å². The fraction of sp³-hybridized carbons (Fsp3) is 0.471. The van der Waals surface area contributed by atoms with Gasteiger partial charge in [-0.25, -0.2) is 0 Å². The van der Waals surface area contributed by atoms with Crippen LogP contribution >= 0.6 is 11.6 Å². The van der Waals surface area contributed by atoms with Gasteiger partial charge in [-0.2, -0.15) is 0 Å². The molecule has 0 aromatic heterocycles. The molecule has 3 atom stereocenters. The molecule has 2 fully saturated rings. The van der Waals surface area contributed by atoms with Crippen LogP contribution in [0.1, 0.15) is 24.8 Å². The largest absolute Gasteiger partial charge is 0.339 e. The maximum atomic E-state index is 12.3. The summed E-state index contributed by atoms with van der Waals surface area (Å²) in [5.41, 5.74) is 7.02. The monoisotopic (exact) mass is 304 g/mol. The Labute approximate surface area is 130 Å². The number of rotatable bonds is 2. The lowest BCUT2D eigenvalue weighted by Crippen LogP contribution is -2.32. The van der Waals surface area contributed by atoms with E-state index in [0.29, 0.717) is 22.9 Å². The fourth-order valence-electron chi connectivity index (χ4n) is 3.49. The van der Waals surface area contributed by atoms with Gasteiger partial charge in [-0.3, -0.25) is 4.79 Å². The van der Waals surface area contributed by atoms with Gasteiger partial charge >= 0.3 is 0 Å². The quantitative estimate of drug-likeness (QED) is 0.854. The molecule has 4 heteroatoms. The van der Waals surface area contributed by atoms with Gasteiger partial charge in [0.25, 0.3) is 0 Å². The minimum absolute atomic E-state index is 0.105. The van der Waals surface area contributed by atoms with Gasteiger partial charge in [-0.05, 0) is 54.9 Å². The molecule has 2 N–H and O–H groups in total. The Morgan fingerprint density at radius 3 is 2.67 bits per heavy atom. The lowest BCUT2D eigenvalue weighted by atomic mass is 9.79. The number of halogens is 1. The summed E-state index contributed by atoms with van der Waals surface area (Å²) in [6.45, 7) is 1.75. The number of fused-ring (bicyclic) bond motifs is 1. The normalized spacial score (nSPS) is 28.9. The first-order valence-corrected chi connectivity index (χ1v) is 7.98.